The number of carbonyl (C=O) groups is 3. The molecule has 3 aliphatic carbocycles. The highest BCUT2D eigenvalue weighted by Gasteiger charge is 2.63. The second kappa shape index (κ2) is 11.5. The lowest BCUT2D eigenvalue weighted by molar-refractivity contribution is -0.134. The van der Waals surface area contributed by atoms with E-state index in [-0.39, 0.29) is 34.6 Å². The highest BCUT2D eigenvalue weighted by molar-refractivity contribution is 6.24. The summed E-state index contributed by atoms with van der Waals surface area (Å²) >= 11 is 0. The second-order valence-electron chi connectivity index (χ2n) is 15.5. The molecule has 0 radical (unpaired) electrons. The van der Waals surface area contributed by atoms with E-state index >= 15 is 0 Å². The molecule has 46 heavy (non-hydrogen) atoms. The number of aromatic hydroxyl groups is 1. The number of aryl methyl sites for hydroxylation is 1. The van der Waals surface area contributed by atoms with Gasteiger partial charge in [0, 0.05) is 11.0 Å². The number of Topliss-reactive ketones (excluding diaryl/α,β-unsaturated/α-hetero) is 3. The number of allylic oxidation sites excluding steroid dienone is 6. The van der Waals surface area contributed by atoms with E-state index in [4.69, 9.17) is 0 Å². The molecule has 0 heterocycles. The fraction of sp³-hybridized carbons (Fsp3) is 0.452. The highest BCUT2D eigenvalue weighted by Crippen LogP contribution is 2.66. The van der Waals surface area contributed by atoms with E-state index in [9.17, 15) is 19.5 Å². The van der Waals surface area contributed by atoms with Gasteiger partial charge in [0.1, 0.15) is 5.75 Å². The maximum absolute atomic E-state index is 14.7. The summed E-state index contributed by atoms with van der Waals surface area (Å²) in [4.78, 5) is 41.6. The van der Waals surface area contributed by atoms with Crippen LogP contribution in [0.4, 0.5) is 0 Å². The van der Waals surface area contributed by atoms with Gasteiger partial charge in [0.2, 0.25) is 0 Å². The predicted molar refractivity (Wildman–Crippen MR) is 187 cm³/mol. The van der Waals surface area contributed by atoms with E-state index in [1.807, 2.05) is 27.7 Å². The minimum absolute atomic E-state index is 0.0546. The Morgan fingerprint density at radius 3 is 2.20 bits per heavy atom. The predicted octanol–water partition coefficient (Wildman–Crippen LogP) is 9.64. The Hall–Kier alpha value is -3.79. The number of hydrogen-bond acceptors (Lipinski definition) is 4. The van der Waals surface area contributed by atoms with Crippen molar-refractivity contribution < 1.29 is 19.5 Å². The third-order valence-corrected chi connectivity index (χ3v) is 11.6. The summed E-state index contributed by atoms with van der Waals surface area (Å²) in [5.74, 6) is -0.350. The van der Waals surface area contributed by atoms with Crippen molar-refractivity contribution in [2.24, 2.45) is 16.2 Å². The minimum atomic E-state index is -0.982. The topological polar surface area (TPSA) is 71.4 Å². The molecule has 0 aliphatic heterocycles. The summed E-state index contributed by atoms with van der Waals surface area (Å²) < 4.78 is 0. The molecule has 2 aromatic carbocycles. The van der Waals surface area contributed by atoms with Gasteiger partial charge in [-0.1, -0.05) is 93.5 Å². The zero-order chi connectivity index (χ0) is 34.1. The molecule has 0 fully saturated rings. The van der Waals surface area contributed by atoms with Crippen molar-refractivity contribution in [3.8, 4) is 5.75 Å². The Kier molecular flexibility index (Phi) is 8.37. The Balaban J connectivity index is 1.54. The van der Waals surface area contributed by atoms with Crippen molar-refractivity contribution >= 4 is 22.9 Å². The van der Waals surface area contributed by atoms with Crippen LogP contribution in [0.5, 0.6) is 5.75 Å². The monoisotopic (exact) mass is 618 g/mol. The van der Waals surface area contributed by atoms with Gasteiger partial charge in [0.05, 0.1) is 16.6 Å². The summed E-state index contributed by atoms with van der Waals surface area (Å²) in [6.45, 7) is 26.2. The van der Waals surface area contributed by atoms with E-state index in [0.717, 1.165) is 51.0 Å². The van der Waals surface area contributed by atoms with Crippen LogP contribution in [-0.4, -0.2) is 22.5 Å². The molecule has 242 valence electrons. The molecule has 1 N–H and O–H groups in total. The standard InChI is InChI=1S/C42H50O4/c1-23(2)30-16-13-29(14-17-30)18-25(5)12-15-31-19-32(24(3)4)33-21-40(9)22-41(10)20-26(6)34(28(8)43)39(46)42(41,11)27(7)36(40)38(45)35(33)37(31)44/h13-14,16-17,19,24,44H,1,5,12,15,18,20-22H2,2-4,6-11H3/t40-,41+,42+/m1/s1. The van der Waals surface area contributed by atoms with Crippen LogP contribution in [0.3, 0.4) is 0 Å². The molecule has 4 heteroatoms. The van der Waals surface area contributed by atoms with Crippen molar-refractivity contribution in [2.75, 3.05) is 0 Å². The molecule has 0 saturated carbocycles. The molecule has 0 unspecified atom stereocenters. The number of ketones is 3. The Morgan fingerprint density at radius 1 is 1.00 bits per heavy atom. The van der Waals surface area contributed by atoms with E-state index in [1.54, 1.807) is 0 Å². The first-order chi connectivity index (χ1) is 21.4. The van der Waals surface area contributed by atoms with Crippen molar-refractivity contribution in [2.45, 2.75) is 107 Å². The van der Waals surface area contributed by atoms with E-state index in [0.29, 0.717) is 43.2 Å². The van der Waals surface area contributed by atoms with Gasteiger partial charge in [0.15, 0.2) is 17.3 Å². The lowest BCUT2D eigenvalue weighted by Gasteiger charge is -2.59. The number of phenolic OH excluding ortho intramolecular Hbond substituents is 1. The molecule has 0 spiro atoms. The van der Waals surface area contributed by atoms with E-state index in [1.165, 1.54) is 12.5 Å². The first-order valence-corrected chi connectivity index (χ1v) is 16.7. The normalized spacial score (nSPS) is 25.8. The number of carbonyl (C=O) groups excluding carboxylic acids is 3. The van der Waals surface area contributed by atoms with Crippen LogP contribution < -0.4 is 0 Å². The number of rotatable bonds is 8. The first kappa shape index (κ1) is 33.6. The number of benzene rings is 2. The Labute approximate surface area is 275 Å². The lowest BCUT2D eigenvalue weighted by Crippen LogP contribution is -2.57. The van der Waals surface area contributed by atoms with Gasteiger partial charge >= 0.3 is 0 Å². The van der Waals surface area contributed by atoms with Gasteiger partial charge in [-0.2, -0.15) is 0 Å². The molecular weight excluding hydrogens is 568 g/mol. The molecule has 0 saturated heterocycles. The third kappa shape index (κ3) is 5.09. The van der Waals surface area contributed by atoms with Crippen LogP contribution in [0.15, 0.2) is 71.4 Å². The largest absolute Gasteiger partial charge is 0.507 e. The van der Waals surface area contributed by atoms with Crippen LogP contribution in [-0.2, 0) is 28.9 Å². The molecule has 3 aliphatic rings. The molecular formula is C42H50O4. The number of fused-ring (bicyclic) bond motifs is 3. The van der Waals surface area contributed by atoms with Crippen molar-refractivity contribution in [3.05, 3.63) is 105 Å². The van der Waals surface area contributed by atoms with E-state index < -0.39 is 16.2 Å². The third-order valence-electron chi connectivity index (χ3n) is 11.6. The van der Waals surface area contributed by atoms with Crippen molar-refractivity contribution in [1.29, 1.82) is 0 Å². The maximum Gasteiger partial charge on any atom is 0.193 e. The van der Waals surface area contributed by atoms with Gasteiger partial charge in [-0.3, -0.25) is 14.4 Å². The van der Waals surface area contributed by atoms with Crippen molar-refractivity contribution in [3.63, 3.8) is 0 Å². The van der Waals surface area contributed by atoms with Crippen LogP contribution in [0.25, 0.3) is 5.57 Å². The van der Waals surface area contributed by atoms with Gasteiger partial charge in [-0.25, -0.2) is 0 Å². The van der Waals surface area contributed by atoms with Gasteiger partial charge < -0.3 is 5.11 Å². The Morgan fingerprint density at radius 2 is 1.63 bits per heavy atom. The van der Waals surface area contributed by atoms with Crippen LogP contribution in [0.2, 0.25) is 0 Å². The number of phenols is 1. The van der Waals surface area contributed by atoms with Crippen LogP contribution >= 0.6 is 0 Å². The first-order valence-electron chi connectivity index (χ1n) is 16.7. The van der Waals surface area contributed by atoms with Crippen molar-refractivity contribution in [1.82, 2.24) is 0 Å². The zero-order valence-corrected chi connectivity index (χ0v) is 29.3. The van der Waals surface area contributed by atoms with Gasteiger partial charge in [-0.15, -0.1) is 0 Å². The number of hydrogen-bond donors (Lipinski definition) is 1. The molecule has 2 aromatic rings. The summed E-state index contributed by atoms with van der Waals surface area (Å²) in [6, 6.07) is 10.5. The molecule has 0 amide bonds. The highest BCUT2D eigenvalue weighted by atomic mass is 16.3. The van der Waals surface area contributed by atoms with Crippen LogP contribution in [0.1, 0.15) is 126 Å². The fourth-order valence-electron chi connectivity index (χ4n) is 9.18. The van der Waals surface area contributed by atoms with E-state index in [2.05, 4.69) is 71.2 Å². The van der Waals surface area contributed by atoms with Crippen LogP contribution in [0, 0.1) is 16.2 Å². The second-order valence-corrected chi connectivity index (χ2v) is 15.5. The average molecular weight is 619 g/mol. The maximum atomic E-state index is 14.7. The van der Waals surface area contributed by atoms with Gasteiger partial charge in [-0.05, 0) is 112 Å². The molecule has 3 atom stereocenters. The zero-order valence-electron chi connectivity index (χ0n) is 29.3. The molecule has 0 bridgehead atoms. The quantitative estimate of drug-likeness (QED) is 0.236. The summed E-state index contributed by atoms with van der Waals surface area (Å²) in [7, 11) is 0. The SMILES string of the molecule is C=C(CCc1cc(C(C)C)c2c(c1O)C(=O)C1=C(C)[C@@]3(C)C(=O)C(C(C)=O)=C(C)C[C@@]3(C)C[C@@]1(C)C2)Cc1ccc(C(=C)C)cc1. The smallest absolute Gasteiger partial charge is 0.193 e. The summed E-state index contributed by atoms with van der Waals surface area (Å²) in [6.07, 6.45) is 3.90. The van der Waals surface area contributed by atoms with Gasteiger partial charge in [0.25, 0.3) is 0 Å². The molecule has 0 aromatic heterocycles. The molecule has 5 rings (SSSR count). The fourth-order valence-corrected chi connectivity index (χ4v) is 9.18. The average Bonchev–Trinajstić information content (AvgIpc) is 2.94. The molecule has 4 nitrogen and oxygen atoms in total. The lowest BCUT2D eigenvalue weighted by atomic mass is 9.42. The summed E-state index contributed by atoms with van der Waals surface area (Å²) in [5, 5.41) is 11.8. The minimum Gasteiger partial charge on any atom is -0.507 e. The summed E-state index contributed by atoms with van der Waals surface area (Å²) in [5.41, 5.74) is 8.16. The Bertz CT molecular complexity index is 1780.